The number of carbonyl (C=O) groups excluding carboxylic acids is 1. The largest absolute Gasteiger partial charge is 0.419 e. The summed E-state index contributed by atoms with van der Waals surface area (Å²) in [6, 6.07) is 9.26. The Bertz CT molecular complexity index is 1390. The topological polar surface area (TPSA) is 120 Å². The number of thiazole rings is 1. The lowest BCUT2D eigenvalue weighted by Gasteiger charge is -2.04. The lowest BCUT2D eigenvalue weighted by molar-refractivity contribution is -0.384. The summed E-state index contributed by atoms with van der Waals surface area (Å²) in [6.07, 6.45) is 2.16. The van der Waals surface area contributed by atoms with Crippen LogP contribution in [0.25, 0.3) is 11.1 Å². The molecule has 0 aliphatic carbocycles. The molecule has 0 radical (unpaired) electrons. The maximum absolute atomic E-state index is 12.3. The highest BCUT2D eigenvalue weighted by Crippen LogP contribution is 2.29. The van der Waals surface area contributed by atoms with E-state index in [-0.39, 0.29) is 30.1 Å². The van der Waals surface area contributed by atoms with Gasteiger partial charge in [-0.2, -0.15) is 0 Å². The highest BCUT2D eigenvalue weighted by Gasteiger charge is 2.16. The number of nitrogens with one attached hydrogen (secondary N) is 1. The van der Waals surface area contributed by atoms with Crippen molar-refractivity contribution in [2.45, 2.75) is 19.4 Å². The Labute approximate surface area is 194 Å². The zero-order valence-corrected chi connectivity index (χ0v) is 18.5. The van der Waals surface area contributed by atoms with Gasteiger partial charge in [-0.3, -0.25) is 19.5 Å². The van der Waals surface area contributed by atoms with Crippen molar-refractivity contribution in [3.05, 3.63) is 83.7 Å². The van der Waals surface area contributed by atoms with Gasteiger partial charge in [-0.1, -0.05) is 35.3 Å². The van der Waals surface area contributed by atoms with Gasteiger partial charge >= 0.3 is 5.76 Å². The number of non-ortho nitro benzene ring substituents is 1. The molecule has 0 saturated carbocycles. The lowest BCUT2D eigenvalue weighted by atomic mass is 10.1. The van der Waals surface area contributed by atoms with Gasteiger partial charge in [0.15, 0.2) is 10.7 Å². The molecule has 9 nitrogen and oxygen atoms in total. The summed E-state index contributed by atoms with van der Waals surface area (Å²) in [5, 5.41) is 14.9. The third kappa shape index (κ3) is 4.67. The monoisotopic (exact) mass is 492 g/mol. The normalized spacial score (nSPS) is 11.1. The van der Waals surface area contributed by atoms with Gasteiger partial charge in [0.25, 0.3) is 5.69 Å². The predicted molar refractivity (Wildman–Crippen MR) is 122 cm³/mol. The molecule has 1 N–H and O–H groups in total. The molecule has 0 bridgehead atoms. The van der Waals surface area contributed by atoms with Crippen molar-refractivity contribution in [2.24, 2.45) is 0 Å². The van der Waals surface area contributed by atoms with Gasteiger partial charge in [0.1, 0.15) is 0 Å². The van der Waals surface area contributed by atoms with Crippen molar-refractivity contribution in [3.63, 3.8) is 0 Å². The van der Waals surface area contributed by atoms with Gasteiger partial charge in [-0.25, -0.2) is 9.78 Å². The van der Waals surface area contributed by atoms with Crippen molar-refractivity contribution in [3.8, 4) is 0 Å². The molecule has 2 heterocycles. The molecule has 164 valence electrons. The molecule has 2 aromatic carbocycles. The molecule has 0 aliphatic rings. The van der Waals surface area contributed by atoms with Crippen LogP contribution >= 0.6 is 34.5 Å². The van der Waals surface area contributed by atoms with Crippen LogP contribution in [-0.2, 0) is 17.8 Å². The number of hydrogen-bond donors (Lipinski definition) is 1. The summed E-state index contributed by atoms with van der Waals surface area (Å²) in [7, 11) is 0. The maximum Gasteiger partial charge on any atom is 0.419 e. The van der Waals surface area contributed by atoms with E-state index in [2.05, 4.69) is 10.3 Å². The van der Waals surface area contributed by atoms with E-state index in [1.807, 2.05) is 12.1 Å². The second-order valence-corrected chi connectivity index (χ2v) is 8.65. The van der Waals surface area contributed by atoms with Crippen molar-refractivity contribution >= 4 is 62.4 Å². The summed E-state index contributed by atoms with van der Waals surface area (Å²) in [5.41, 5.74) is 1.14. The minimum Gasteiger partial charge on any atom is -0.407 e. The van der Waals surface area contributed by atoms with Crippen LogP contribution in [0.15, 0.2) is 51.8 Å². The number of halogens is 2. The number of carbonyl (C=O) groups is 1. The SMILES string of the molecule is O=C(CCn1c(=O)oc2cc([N+](=O)[O-])ccc21)Nc1ncc(Cc2cccc(Cl)c2Cl)s1. The molecule has 4 aromatic rings. The summed E-state index contributed by atoms with van der Waals surface area (Å²) >= 11 is 13.6. The third-order valence-corrected chi connectivity index (χ3v) is 6.39. The molecule has 32 heavy (non-hydrogen) atoms. The molecule has 0 atom stereocenters. The highest BCUT2D eigenvalue weighted by molar-refractivity contribution is 7.15. The molecule has 0 saturated heterocycles. The highest BCUT2D eigenvalue weighted by atomic mass is 35.5. The van der Waals surface area contributed by atoms with Gasteiger partial charge in [-0.15, -0.1) is 11.3 Å². The molecule has 1 amide bonds. The molecule has 0 fully saturated rings. The van der Waals surface area contributed by atoms with Crippen LogP contribution in [0.1, 0.15) is 16.9 Å². The second-order valence-electron chi connectivity index (χ2n) is 6.75. The number of nitrogens with zero attached hydrogens (tertiary/aromatic N) is 3. The molecule has 4 rings (SSSR count). The zero-order valence-electron chi connectivity index (χ0n) is 16.2. The first-order chi connectivity index (χ1) is 15.3. The van der Waals surface area contributed by atoms with Crippen molar-refractivity contribution < 1.29 is 14.1 Å². The first kappa shape index (κ1) is 22.0. The van der Waals surface area contributed by atoms with Gasteiger partial charge in [0.2, 0.25) is 5.91 Å². The number of aryl methyl sites for hydroxylation is 1. The number of anilines is 1. The number of fused-ring (bicyclic) bond motifs is 1. The first-order valence-electron chi connectivity index (χ1n) is 9.27. The number of amides is 1. The minimum absolute atomic E-state index is 0.0133. The zero-order chi connectivity index (χ0) is 22.8. The van der Waals surface area contributed by atoms with Crippen LogP contribution in [0.4, 0.5) is 10.8 Å². The van der Waals surface area contributed by atoms with E-state index >= 15 is 0 Å². The Morgan fingerprint density at radius 3 is 2.88 bits per heavy atom. The fourth-order valence-corrected chi connectivity index (χ4v) is 4.33. The number of aromatic nitrogens is 2. The second kappa shape index (κ2) is 9.11. The number of nitro benzene ring substituents is 1. The van der Waals surface area contributed by atoms with Gasteiger partial charge in [0, 0.05) is 36.5 Å². The average Bonchev–Trinajstić information content (AvgIpc) is 3.32. The van der Waals surface area contributed by atoms with Crippen LogP contribution in [0.5, 0.6) is 0 Å². The maximum atomic E-state index is 12.3. The van der Waals surface area contributed by atoms with Crippen molar-refractivity contribution in [1.82, 2.24) is 9.55 Å². The average molecular weight is 493 g/mol. The van der Waals surface area contributed by atoms with Crippen molar-refractivity contribution in [2.75, 3.05) is 5.32 Å². The van der Waals surface area contributed by atoms with Gasteiger partial charge in [-0.05, 0) is 17.7 Å². The summed E-state index contributed by atoms with van der Waals surface area (Å²) in [4.78, 5) is 39.8. The minimum atomic E-state index is -0.691. The van der Waals surface area contributed by atoms with E-state index in [0.717, 1.165) is 10.4 Å². The fourth-order valence-electron chi connectivity index (χ4n) is 3.10. The smallest absolute Gasteiger partial charge is 0.407 e. The Kier molecular flexibility index (Phi) is 6.26. The molecular formula is C20H14Cl2N4O5S. The van der Waals surface area contributed by atoms with Crippen LogP contribution < -0.4 is 11.1 Å². The molecule has 0 aliphatic heterocycles. The number of oxazole rings is 1. The summed E-state index contributed by atoms with van der Waals surface area (Å²) in [6.45, 7) is 0.0475. The summed E-state index contributed by atoms with van der Waals surface area (Å²) in [5.74, 6) is -1.03. The Morgan fingerprint density at radius 2 is 2.09 bits per heavy atom. The van der Waals surface area contributed by atoms with E-state index in [1.54, 1.807) is 12.3 Å². The van der Waals surface area contributed by atoms with Crippen LogP contribution in [0.2, 0.25) is 10.0 Å². The van der Waals surface area contributed by atoms with Crippen LogP contribution in [-0.4, -0.2) is 20.4 Å². The number of rotatable bonds is 7. The third-order valence-electron chi connectivity index (χ3n) is 4.62. The quantitative estimate of drug-likeness (QED) is 0.289. The standard InChI is InChI=1S/C20H14Cl2N4O5S/c21-14-3-1-2-11(18(14)22)8-13-10-23-19(32-13)24-17(27)6-7-25-15-5-4-12(26(29)30)9-16(15)31-20(25)28/h1-5,9-10H,6-8H2,(H,23,24,27). The Hall–Kier alpha value is -3.21. The van der Waals surface area contributed by atoms with Gasteiger partial charge < -0.3 is 9.73 Å². The van der Waals surface area contributed by atoms with Crippen LogP contribution in [0.3, 0.4) is 0 Å². The first-order valence-corrected chi connectivity index (χ1v) is 10.8. The predicted octanol–water partition coefficient (Wildman–Crippen LogP) is 4.89. The Balaban J connectivity index is 1.40. The number of benzene rings is 2. The van der Waals surface area contributed by atoms with E-state index in [9.17, 15) is 19.7 Å². The Morgan fingerprint density at radius 1 is 1.28 bits per heavy atom. The molecule has 0 unspecified atom stereocenters. The van der Waals surface area contributed by atoms with Crippen molar-refractivity contribution in [1.29, 1.82) is 0 Å². The van der Waals surface area contributed by atoms with E-state index in [0.29, 0.717) is 27.1 Å². The van der Waals surface area contributed by atoms with Gasteiger partial charge in [0.05, 0.1) is 26.6 Å². The number of hydrogen-bond acceptors (Lipinski definition) is 7. The van der Waals surface area contributed by atoms with E-state index in [1.165, 1.54) is 34.1 Å². The molecule has 2 aromatic heterocycles. The fraction of sp³-hybridized carbons (Fsp3) is 0.150. The van der Waals surface area contributed by atoms with E-state index in [4.69, 9.17) is 27.6 Å². The molecular weight excluding hydrogens is 479 g/mol. The number of nitro groups is 1. The lowest BCUT2D eigenvalue weighted by Crippen LogP contribution is -2.19. The summed E-state index contributed by atoms with van der Waals surface area (Å²) < 4.78 is 6.32. The van der Waals surface area contributed by atoms with Crippen LogP contribution in [0, 0.1) is 10.1 Å². The molecule has 12 heteroatoms. The molecule has 0 spiro atoms. The van der Waals surface area contributed by atoms with E-state index < -0.39 is 10.7 Å².